The Kier molecular flexibility index (Phi) is 6.94. The van der Waals surface area contributed by atoms with Gasteiger partial charge in [0.2, 0.25) is 5.91 Å². The van der Waals surface area contributed by atoms with Gasteiger partial charge < -0.3 is 5.32 Å². The summed E-state index contributed by atoms with van der Waals surface area (Å²) in [6.45, 7) is 4.95. The van der Waals surface area contributed by atoms with Crippen LogP contribution in [0.1, 0.15) is 52.4 Å². The van der Waals surface area contributed by atoms with Gasteiger partial charge in [-0.1, -0.05) is 57.0 Å². The Morgan fingerprint density at radius 2 is 2.07 bits per heavy atom. The van der Waals surface area contributed by atoms with Crippen molar-refractivity contribution in [3.05, 3.63) is 34.6 Å². The first-order valence-electron chi connectivity index (χ1n) is 10.0. The first-order chi connectivity index (χ1) is 13.1. The van der Waals surface area contributed by atoms with Crippen LogP contribution in [-0.4, -0.2) is 27.3 Å². The van der Waals surface area contributed by atoms with Crippen molar-refractivity contribution in [1.82, 2.24) is 14.9 Å². The molecule has 1 N–H and O–H groups in total. The third kappa shape index (κ3) is 4.92. The van der Waals surface area contributed by atoms with E-state index in [4.69, 9.17) is 0 Å². The van der Waals surface area contributed by atoms with Crippen molar-refractivity contribution in [3.8, 4) is 0 Å². The Balaban J connectivity index is 1.74. The first kappa shape index (κ1) is 19.9. The minimum Gasteiger partial charge on any atom is -0.352 e. The monoisotopic (exact) mass is 387 g/mol. The molecule has 6 heteroatoms. The molecule has 1 aromatic carbocycles. The predicted octanol–water partition coefficient (Wildman–Crippen LogP) is 3.98. The van der Waals surface area contributed by atoms with Crippen LogP contribution < -0.4 is 10.9 Å². The molecule has 0 aliphatic heterocycles. The van der Waals surface area contributed by atoms with Crippen LogP contribution in [-0.2, 0) is 11.3 Å². The van der Waals surface area contributed by atoms with E-state index in [-0.39, 0.29) is 17.5 Å². The Morgan fingerprint density at radius 3 is 2.85 bits per heavy atom. The van der Waals surface area contributed by atoms with Crippen LogP contribution in [0.2, 0.25) is 0 Å². The molecule has 0 radical (unpaired) electrons. The fourth-order valence-electron chi connectivity index (χ4n) is 3.68. The molecule has 5 nitrogen and oxygen atoms in total. The van der Waals surface area contributed by atoms with Crippen LogP contribution in [0.4, 0.5) is 0 Å². The van der Waals surface area contributed by atoms with E-state index in [2.05, 4.69) is 24.1 Å². The molecule has 146 valence electrons. The number of nitrogens with one attached hydrogen (secondary N) is 1. The molecule has 1 heterocycles. The van der Waals surface area contributed by atoms with Crippen LogP contribution in [0.5, 0.6) is 0 Å². The molecule has 1 saturated carbocycles. The van der Waals surface area contributed by atoms with E-state index >= 15 is 0 Å². The summed E-state index contributed by atoms with van der Waals surface area (Å²) in [5.74, 6) is 0.859. The van der Waals surface area contributed by atoms with E-state index in [9.17, 15) is 9.59 Å². The van der Waals surface area contributed by atoms with Crippen LogP contribution in [0, 0.1) is 5.92 Å². The normalized spacial score (nSPS) is 19.9. The van der Waals surface area contributed by atoms with E-state index in [0.29, 0.717) is 34.3 Å². The highest BCUT2D eigenvalue weighted by molar-refractivity contribution is 7.99. The average molecular weight is 388 g/mol. The molecular weight excluding hydrogens is 358 g/mol. The molecule has 1 fully saturated rings. The van der Waals surface area contributed by atoms with Crippen LogP contribution in [0.3, 0.4) is 0 Å². The standard InChI is InChI=1S/C21H29N3O2S/c1-3-4-13-24-20(26)16-10-6-8-12-18(16)23-21(24)27-14-19(25)22-17-11-7-5-9-15(17)2/h6,8,10,12,15,17H,3-5,7,9,11,13-14H2,1-2H3,(H,22,25)/t15-,17+/m1/s1. The molecule has 1 aliphatic rings. The predicted molar refractivity (Wildman–Crippen MR) is 111 cm³/mol. The maximum absolute atomic E-state index is 12.9. The number of unbranched alkanes of at least 4 members (excludes halogenated alkanes) is 1. The van der Waals surface area contributed by atoms with Gasteiger partial charge in [-0.2, -0.15) is 0 Å². The molecule has 1 aromatic heterocycles. The van der Waals surface area contributed by atoms with Gasteiger partial charge in [0.25, 0.3) is 5.56 Å². The van der Waals surface area contributed by atoms with E-state index in [1.54, 1.807) is 4.57 Å². The van der Waals surface area contributed by atoms with Crippen LogP contribution in [0.25, 0.3) is 10.9 Å². The highest BCUT2D eigenvalue weighted by Crippen LogP contribution is 2.24. The Labute approximate surface area is 164 Å². The van der Waals surface area contributed by atoms with Gasteiger partial charge in [0, 0.05) is 12.6 Å². The number of hydrogen-bond donors (Lipinski definition) is 1. The van der Waals surface area contributed by atoms with Crippen LogP contribution in [0.15, 0.2) is 34.2 Å². The fourth-order valence-corrected chi connectivity index (χ4v) is 4.52. The second-order valence-corrected chi connectivity index (χ2v) is 8.39. The summed E-state index contributed by atoms with van der Waals surface area (Å²) in [4.78, 5) is 30.0. The smallest absolute Gasteiger partial charge is 0.262 e. The molecule has 3 rings (SSSR count). The van der Waals surface area contributed by atoms with E-state index in [1.807, 2.05) is 24.3 Å². The average Bonchev–Trinajstić information content (AvgIpc) is 2.68. The number of nitrogens with zero attached hydrogens (tertiary/aromatic N) is 2. The topological polar surface area (TPSA) is 64.0 Å². The number of carbonyl (C=O) groups excluding carboxylic acids is 1. The van der Waals surface area contributed by atoms with Crippen molar-refractivity contribution in [2.45, 2.75) is 70.1 Å². The number of aromatic nitrogens is 2. The fraction of sp³-hybridized carbons (Fsp3) is 0.571. The highest BCUT2D eigenvalue weighted by Gasteiger charge is 2.23. The van der Waals surface area contributed by atoms with E-state index < -0.39 is 0 Å². The van der Waals surface area contributed by atoms with Gasteiger partial charge in [-0.3, -0.25) is 14.2 Å². The van der Waals surface area contributed by atoms with Crippen molar-refractivity contribution >= 4 is 28.6 Å². The first-order valence-corrected chi connectivity index (χ1v) is 11.0. The van der Waals surface area contributed by atoms with Crippen molar-refractivity contribution in [3.63, 3.8) is 0 Å². The van der Waals surface area contributed by atoms with Gasteiger partial charge in [0.05, 0.1) is 16.7 Å². The van der Waals surface area contributed by atoms with Gasteiger partial charge in [-0.25, -0.2) is 4.98 Å². The van der Waals surface area contributed by atoms with Gasteiger partial charge in [0.1, 0.15) is 0 Å². The second kappa shape index (κ2) is 9.40. The number of benzene rings is 1. The zero-order chi connectivity index (χ0) is 19.2. The number of fused-ring (bicyclic) bond motifs is 1. The number of amides is 1. The highest BCUT2D eigenvalue weighted by atomic mass is 32.2. The van der Waals surface area contributed by atoms with Gasteiger partial charge >= 0.3 is 0 Å². The summed E-state index contributed by atoms with van der Waals surface area (Å²) in [7, 11) is 0. The molecule has 0 unspecified atom stereocenters. The molecule has 0 saturated heterocycles. The molecular formula is C21H29N3O2S. The number of thioether (sulfide) groups is 1. The second-order valence-electron chi connectivity index (χ2n) is 7.45. The summed E-state index contributed by atoms with van der Waals surface area (Å²) < 4.78 is 1.73. The largest absolute Gasteiger partial charge is 0.352 e. The summed E-state index contributed by atoms with van der Waals surface area (Å²) in [5.41, 5.74) is 0.678. The number of rotatable bonds is 7. The van der Waals surface area contributed by atoms with Crippen molar-refractivity contribution in [2.75, 3.05) is 5.75 Å². The number of para-hydroxylation sites is 1. The molecule has 0 bridgehead atoms. The maximum Gasteiger partial charge on any atom is 0.262 e. The molecule has 0 spiro atoms. The SMILES string of the molecule is CCCCn1c(SCC(=O)N[C@H]2CCCC[C@H]2C)nc2ccccc2c1=O. The minimum absolute atomic E-state index is 0.0159. The molecule has 27 heavy (non-hydrogen) atoms. The Bertz CT molecular complexity index is 849. The van der Waals surface area contributed by atoms with E-state index in [1.165, 1.54) is 31.0 Å². The summed E-state index contributed by atoms with van der Waals surface area (Å²) in [5, 5.41) is 4.45. The minimum atomic E-state index is -0.0159. The zero-order valence-corrected chi connectivity index (χ0v) is 17.1. The Morgan fingerprint density at radius 1 is 1.30 bits per heavy atom. The summed E-state index contributed by atoms with van der Waals surface area (Å²) >= 11 is 1.36. The lowest BCUT2D eigenvalue weighted by molar-refractivity contribution is -0.119. The third-order valence-electron chi connectivity index (χ3n) is 5.35. The lowest BCUT2D eigenvalue weighted by atomic mass is 9.86. The Hall–Kier alpha value is -1.82. The summed E-state index contributed by atoms with van der Waals surface area (Å²) in [6, 6.07) is 7.70. The van der Waals surface area contributed by atoms with Gasteiger partial charge in [0.15, 0.2) is 5.16 Å². The zero-order valence-electron chi connectivity index (χ0n) is 16.2. The maximum atomic E-state index is 12.9. The van der Waals surface area contributed by atoms with Gasteiger partial charge in [-0.15, -0.1) is 0 Å². The summed E-state index contributed by atoms with van der Waals surface area (Å²) in [6.07, 6.45) is 6.61. The van der Waals surface area contributed by atoms with Crippen molar-refractivity contribution < 1.29 is 4.79 Å². The third-order valence-corrected chi connectivity index (χ3v) is 6.33. The lowest BCUT2D eigenvalue weighted by Crippen LogP contribution is -2.42. The molecule has 2 aromatic rings. The number of carbonyl (C=O) groups is 1. The van der Waals surface area contributed by atoms with E-state index in [0.717, 1.165) is 19.3 Å². The molecule has 2 atom stereocenters. The lowest BCUT2D eigenvalue weighted by Gasteiger charge is -2.29. The molecule has 1 amide bonds. The van der Waals surface area contributed by atoms with Crippen molar-refractivity contribution in [1.29, 1.82) is 0 Å². The number of hydrogen-bond acceptors (Lipinski definition) is 4. The van der Waals surface area contributed by atoms with Gasteiger partial charge in [-0.05, 0) is 37.3 Å². The van der Waals surface area contributed by atoms with Crippen molar-refractivity contribution in [2.24, 2.45) is 5.92 Å². The van der Waals surface area contributed by atoms with Crippen LogP contribution >= 0.6 is 11.8 Å². The molecule has 1 aliphatic carbocycles. The quantitative estimate of drug-likeness (QED) is 0.576.